The van der Waals surface area contributed by atoms with E-state index in [1.807, 2.05) is 11.3 Å². The van der Waals surface area contributed by atoms with Crippen LogP contribution < -0.4 is 19.9 Å². The summed E-state index contributed by atoms with van der Waals surface area (Å²) in [5.74, 6) is 0. The van der Waals surface area contributed by atoms with Crippen LogP contribution in [0, 0.1) is 0 Å². The summed E-state index contributed by atoms with van der Waals surface area (Å²) in [5, 5.41) is 4.95. The number of benzene rings is 3. The summed E-state index contributed by atoms with van der Waals surface area (Å²) in [6.45, 7) is 30.5. The Morgan fingerprint density at radius 1 is 0.550 bits per heavy atom. The zero-order valence-electron chi connectivity index (χ0n) is 37.7. The third-order valence-corrected chi connectivity index (χ3v) is 20.8. The van der Waals surface area contributed by atoms with Crippen molar-refractivity contribution in [1.82, 2.24) is 0 Å². The van der Waals surface area contributed by atoms with E-state index in [2.05, 4.69) is 171 Å². The van der Waals surface area contributed by atoms with Crippen molar-refractivity contribution in [1.29, 1.82) is 0 Å². The van der Waals surface area contributed by atoms with Gasteiger partial charge in [0.15, 0.2) is 0 Å². The first kappa shape index (κ1) is 38.1. The summed E-state index contributed by atoms with van der Waals surface area (Å²) in [6, 6.07) is 20.6. The van der Waals surface area contributed by atoms with Gasteiger partial charge in [-0.3, -0.25) is 0 Å². The van der Waals surface area contributed by atoms with Gasteiger partial charge in [0.05, 0.1) is 11.4 Å². The fraction of sp³-hybridized carbons (Fsp3) is 0.444. The molecule has 0 unspecified atom stereocenters. The summed E-state index contributed by atoms with van der Waals surface area (Å²) in [6.07, 6.45) is 7.27. The highest BCUT2D eigenvalue weighted by atomic mass is 32.1. The van der Waals surface area contributed by atoms with E-state index in [4.69, 9.17) is 4.42 Å². The Labute approximate surface area is 369 Å². The van der Waals surface area contributed by atoms with Gasteiger partial charge in [-0.15, -0.1) is 11.3 Å². The van der Waals surface area contributed by atoms with E-state index in [1.165, 1.54) is 88.5 Å². The zero-order valence-corrected chi connectivity index (χ0v) is 40.1. The lowest BCUT2D eigenvalue weighted by Crippen LogP contribution is -2.53. The SMILES string of the molecule is CC1(C)CCC(C)(C)c2c(N3c4cc(-c5cccc6c5oc5ccccc56)cc5c4B(c4sc6c(c4-5)C(C)(C)CCC6(C)C)c4sc5c(c43)C(C)(C)CCC5(C)C)csc21. The molecule has 0 atom stereocenters. The third kappa shape index (κ3) is 4.83. The number of furan rings is 1. The molecule has 0 radical (unpaired) electrons. The third-order valence-electron chi connectivity index (χ3n) is 16.3. The molecule has 0 saturated carbocycles. The topological polar surface area (TPSA) is 16.4 Å². The second-order valence-electron chi connectivity index (χ2n) is 23.2. The van der Waals surface area contributed by atoms with Gasteiger partial charge in [-0.2, -0.15) is 22.7 Å². The Morgan fingerprint density at radius 3 is 1.85 bits per heavy atom. The molecule has 0 spiro atoms. The van der Waals surface area contributed by atoms with E-state index < -0.39 is 0 Å². The Morgan fingerprint density at radius 2 is 1.13 bits per heavy atom. The molecule has 3 aliphatic carbocycles. The van der Waals surface area contributed by atoms with Gasteiger partial charge < -0.3 is 9.32 Å². The number of anilines is 3. The van der Waals surface area contributed by atoms with Crippen LogP contribution in [0.2, 0.25) is 0 Å². The summed E-state index contributed by atoms with van der Waals surface area (Å²) in [7, 11) is 0. The van der Waals surface area contributed by atoms with Crippen molar-refractivity contribution in [2.75, 3.05) is 4.90 Å². The maximum absolute atomic E-state index is 6.86. The Bertz CT molecular complexity index is 3030. The van der Waals surface area contributed by atoms with Crippen molar-refractivity contribution in [2.24, 2.45) is 0 Å². The largest absolute Gasteiger partial charge is 0.455 e. The number of para-hydroxylation sites is 2. The smallest absolute Gasteiger partial charge is 0.273 e. The van der Waals surface area contributed by atoms with Gasteiger partial charge in [-0.25, -0.2) is 0 Å². The molecule has 5 aliphatic rings. The Hall–Kier alpha value is -3.58. The van der Waals surface area contributed by atoms with E-state index in [9.17, 15) is 0 Å². The molecule has 6 heteroatoms. The lowest BCUT2D eigenvalue weighted by molar-refractivity contribution is 0.338. The molecule has 7 aromatic rings. The van der Waals surface area contributed by atoms with E-state index in [-0.39, 0.29) is 39.2 Å². The second kappa shape index (κ2) is 11.7. The van der Waals surface area contributed by atoms with Crippen LogP contribution in [0.25, 0.3) is 44.2 Å². The fourth-order valence-electron chi connectivity index (χ4n) is 12.5. The fourth-order valence-corrected chi connectivity index (χ4v) is 17.4. The van der Waals surface area contributed by atoms with Crippen LogP contribution in [0.1, 0.15) is 153 Å². The van der Waals surface area contributed by atoms with Crippen molar-refractivity contribution >= 4 is 94.7 Å². The van der Waals surface area contributed by atoms with E-state index in [0.29, 0.717) is 0 Å². The molecule has 0 saturated heterocycles. The highest BCUT2D eigenvalue weighted by Gasteiger charge is 2.55. The maximum atomic E-state index is 6.86. The molecule has 3 aromatic carbocycles. The average Bonchev–Trinajstić information content (AvgIpc) is 4.01. The zero-order chi connectivity index (χ0) is 41.8. The van der Waals surface area contributed by atoms with Crippen LogP contribution in [0.5, 0.6) is 0 Å². The molecule has 60 heavy (non-hydrogen) atoms. The van der Waals surface area contributed by atoms with Crippen LogP contribution >= 0.6 is 34.0 Å². The van der Waals surface area contributed by atoms with E-state index in [1.54, 1.807) is 46.4 Å². The lowest BCUT2D eigenvalue weighted by atomic mass is 9.42. The Balaban J connectivity index is 1.26. The molecule has 6 heterocycles. The molecule has 2 nitrogen and oxygen atoms in total. The van der Waals surface area contributed by atoms with Gasteiger partial charge in [0, 0.05) is 46.8 Å². The van der Waals surface area contributed by atoms with Gasteiger partial charge in [-0.05, 0) is 133 Å². The molecule has 12 rings (SSSR count). The van der Waals surface area contributed by atoms with Crippen LogP contribution in [0.15, 0.2) is 64.4 Å². The number of nitrogens with zero attached hydrogens (tertiary/aromatic N) is 1. The molecule has 2 aliphatic heterocycles. The van der Waals surface area contributed by atoms with Crippen LogP contribution in [0.3, 0.4) is 0 Å². The first-order valence-corrected chi connectivity index (χ1v) is 25.1. The van der Waals surface area contributed by atoms with Gasteiger partial charge in [0.25, 0.3) is 6.71 Å². The summed E-state index contributed by atoms with van der Waals surface area (Å²) >= 11 is 6.38. The summed E-state index contributed by atoms with van der Waals surface area (Å²) in [4.78, 5) is 7.69. The van der Waals surface area contributed by atoms with Crippen molar-refractivity contribution < 1.29 is 4.42 Å². The van der Waals surface area contributed by atoms with Crippen molar-refractivity contribution in [3.63, 3.8) is 0 Å². The van der Waals surface area contributed by atoms with Gasteiger partial charge in [0.1, 0.15) is 11.2 Å². The van der Waals surface area contributed by atoms with E-state index >= 15 is 0 Å². The summed E-state index contributed by atoms with van der Waals surface area (Å²) in [5.41, 5.74) is 18.7. The molecular weight excluding hydrogens is 786 g/mol. The van der Waals surface area contributed by atoms with Crippen LogP contribution in [-0.2, 0) is 32.5 Å². The van der Waals surface area contributed by atoms with Gasteiger partial charge in [0.2, 0.25) is 0 Å². The number of hydrogen-bond donors (Lipinski definition) is 0. The second-order valence-corrected chi connectivity index (χ2v) is 26.2. The standard InChI is InChI=1S/C54H58BNOS3/c1-49(2)20-23-52(7,8)44-38(49)35(28-58-44)56-34-27-29(30-17-15-18-32-31-16-13-14-19-36(31)57-43(30)32)26-33-37-39-45(53(9,10)24-21-50(39,3)4)59-47(37)55(41(33)34)48-42(56)40-46(60-48)54(11,12)25-22-51(40,5)6/h13-19,26-28H,20-25H2,1-12H3. The van der Waals surface area contributed by atoms with Crippen molar-refractivity contribution in [2.45, 2.75) is 154 Å². The molecule has 0 amide bonds. The first-order valence-electron chi connectivity index (χ1n) is 22.6. The molecule has 306 valence electrons. The molecular formula is C54H58BNOS3. The first-order chi connectivity index (χ1) is 28.2. The van der Waals surface area contributed by atoms with Crippen LogP contribution in [0.4, 0.5) is 17.1 Å². The number of hydrogen-bond acceptors (Lipinski definition) is 5. The predicted octanol–water partition coefficient (Wildman–Crippen LogP) is 14.8. The van der Waals surface area contributed by atoms with Crippen molar-refractivity contribution in [3.05, 3.63) is 91.3 Å². The summed E-state index contributed by atoms with van der Waals surface area (Å²) < 4.78 is 10.0. The van der Waals surface area contributed by atoms with E-state index in [0.717, 1.165) is 11.2 Å². The number of fused-ring (bicyclic) bond motifs is 13. The minimum absolute atomic E-state index is 0.0516. The van der Waals surface area contributed by atoms with Gasteiger partial charge in [-0.1, -0.05) is 119 Å². The molecule has 4 aromatic heterocycles. The highest BCUT2D eigenvalue weighted by Crippen LogP contribution is 2.61. The minimum Gasteiger partial charge on any atom is -0.455 e. The monoisotopic (exact) mass is 843 g/mol. The molecule has 0 fully saturated rings. The van der Waals surface area contributed by atoms with Crippen LogP contribution in [-0.4, -0.2) is 6.71 Å². The predicted molar refractivity (Wildman–Crippen MR) is 263 cm³/mol. The maximum Gasteiger partial charge on any atom is 0.273 e. The molecule has 0 bridgehead atoms. The number of rotatable bonds is 2. The average molecular weight is 844 g/mol. The Kier molecular flexibility index (Phi) is 7.44. The highest BCUT2D eigenvalue weighted by molar-refractivity contribution is 7.37. The normalized spacial score (nSPS) is 21.7. The van der Waals surface area contributed by atoms with Gasteiger partial charge >= 0.3 is 0 Å². The van der Waals surface area contributed by atoms with Crippen molar-refractivity contribution in [3.8, 4) is 22.3 Å². The quantitative estimate of drug-likeness (QED) is 0.161. The molecule has 0 N–H and O–H groups in total. The lowest BCUT2D eigenvalue weighted by Gasteiger charge is -2.45. The number of thiophene rings is 3. The minimum atomic E-state index is 0.0516.